The first-order chi connectivity index (χ1) is 8.75. The lowest BCUT2D eigenvalue weighted by Crippen LogP contribution is -2.52. The zero-order valence-corrected chi connectivity index (χ0v) is 12.8. The molecule has 4 nitrogen and oxygen atoms in total. The summed E-state index contributed by atoms with van der Waals surface area (Å²) in [4.78, 5) is 14.3. The van der Waals surface area contributed by atoms with E-state index < -0.39 is 0 Å². The largest absolute Gasteiger partial charge is 0.378 e. The van der Waals surface area contributed by atoms with Crippen molar-refractivity contribution in [1.29, 1.82) is 0 Å². The van der Waals surface area contributed by atoms with Gasteiger partial charge in [0.25, 0.3) is 0 Å². The lowest BCUT2D eigenvalue weighted by Gasteiger charge is -2.27. The van der Waals surface area contributed by atoms with Gasteiger partial charge < -0.3 is 15.0 Å². The van der Waals surface area contributed by atoms with Crippen LogP contribution in [0.2, 0.25) is 0 Å². The minimum absolute atomic E-state index is 0. The average Bonchev–Trinajstić information content (AvgIpc) is 2.82. The van der Waals surface area contributed by atoms with Crippen LogP contribution in [-0.4, -0.2) is 38.3 Å². The predicted octanol–water partition coefficient (Wildman–Crippen LogP) is 1.75. The number of anilines is 1. The van der Waals surface area contributed by atoms with Crippen LogP contribution in [0.25, 0.3) is 0 Å². The normalized spacial score (nSPS) is 21.7. The molecule has 2 aliphatic heterocycles. The number of halogens is 2. The highest BCUT2D eigenvalue weighted by atomic mass is 79.9. The SMILES string of the molecule is Cl.O=C(C1COCCN1)N1CCc2ccc(Br)cc21. The molecule has 3 rings (SSSR count). The Morgan fingerprint density at radius 2 is 2.32 bits per heavy atom. The monoisotopic (exact) mass is 346 g/mol. The number of amides is 1. The van der Waals surface area contributed by atoms with Crippen LogP contribution < -0.4 is 10.2 Å². The number of nitrogens with one attached hydrogen (secondary N) is 1. The minimum atomic E-state index is -0.205. The van der Waals surface area contributed by atoms with Gasteiger partial charge in [-0.2, -0.15) is 0 Å². The van der Waals surface area contributed by atoms with Crippen LogP contribution >= 0.6 is 28.3 Å². The van der Waals surface area contributed by atoms with Gasteiger partial charge in [-0.1, -0.05) is 22.0 Å². The smallest absolute Gasteiger partial charge is 0.246 e. The number of nitrogens with zero attached hydrogens (tertiary/aromatic N) is 1. The lowest BCUT2D eigenvalue weighted by atomic mass is 10.2. The topological polar surface area (TPSA) is 41.6 Å². The third-order valence-corrected chi connectivity index (χ3v) is 3.92. The molecule has 0 spiro atoms. The third-order valence-electron chi connectivity index (χ3n) is 3.43. The molecule has 19 heavy (non-hydrogen) atoms. The molecule has 1 amide bonds. The maximum Gasteiger partial charge on any atom is 0.246 e. The second kappa shape index (κ2) is 6.22. The molecule has 2 aliphatic rings. The Morgan fingerprint density at radius 1 is 1.47 bits per heavy atom. The number of ether oxygens (including phenoxy) is 1. The Kier molecular flexibility index (Phi) is 4.84. The Bertz CT molecular complexity index is 478. The molecular weight excluding hydrogens is 332 g/mol. The lowest BCUT2D eigenvalue weighted by molar-refractivity contribution is -0.123. The molecule has 0 bridgehead atoms. The highest BCUT2D eigenvalue weighted by molar-refractivity contribution is 9.10. The maximum absolute atomic E-state index is 12.4. The van der Waals surface area contributed by atoms with Crippen molar-refractivity contribution >= 4 is 39.9 Å². The molecule has 6 heteroatoms. The average molecular weight is 348 g/mol. The summed E-state index contributed by atoms with van der Waals surface area (Å²) >= 11 is 3.46. The summed E-state index contributed by atoms with van der Waals surface area (Å²) in [7, 11) is 0. The molecule has 2 heterocycles. The van der Waals surface area contributed by atoms with E-state index in [-0.39, 0.29) is 24.4 Å². The molecule has 1 N–H and O–H groups in total. The van der Waals surface area contributed by atoms with E-state index in [0.29, 0.717) is 13.2 Å². The van der Waals surface area contributed by atoms with Crippen molar-refractivity contribution in [2.75, 3.05) is 31.2 Å². The summed E-state index contributed by atoms with van der Waals surface area (Å²) in [6.45, 7) is 2.67. The Balaban J connectivity index is 0.00000133. The summed E-state index contributed by atoms with van der Waals surface area (Å²) in [5.41, 5.74) is 2.27. The minimum Gasteiger partial charge on any atom is -0.378 e. The number of carbonyl (C=O) groups is 1. The fraction of sp³-hybridized carbons (Fsp3) is 0.462. The summed E-state index contributed by atoms with van der Waals surface area (Å²) in [6.07, 6.45) is 0.932. The maximum atomic E-state index is 12.4. The standard InChI is InChI=1S/C13H15BrN2O2.ClH/c14-10-2-1-9-3-5-16(12(9)7-10)13(17)11-8-18-6-4-15-11;/h1-2,7,11,15H,3-6,8H2;1H. The van der Waals surface area contributed by atoms with Crippen LogP contribution in [0.5, 0.6) is 0 Å². The summed E-state index contributed by atoms with van der Waals surface area (Å²) in [5.74, 6) is 0.117. The van der Waals surface area contributed by atoms with Crippen LogP contribution in [0.3, 0.4) is 0 Å². The fourth-order valence-corrected chi connectivity index (χ4v) is 2.84. The van der Waals surface area contributed by atoms with Gasteiger partial charge in [-0.15, -0.1) is 12.4 Å². The molecule has 1 unspecified atom stereocenters. The molecule has 1 fully saturated rings. The molecule has 1 aromatic carbocycles. The van der Waals surface area contributed by atoms with E-state index >= 15 is 0 Å². The number of fused-ring (bicyclic) bond motifs is 1. The Morgan fingerprint density at radius 3 is 3.05 bits per heavy atom. The molecule has 0 radical (unpaired) electrons. The van der Waals surface area contributed by atoms with Gasteiger partial charge in [-0.25, -0.2) is 0 Å². The molecule has 0 aromatic heterocycles. The molecule has 104 valence electrons. The van der Waals surface area contributed by atoms with Gasteiger partial charge in [0, 0.05) is 23.2 Å². The molecule has 1 aromatic rings. The quantitative estimate of drug-likeness (QED) is 0.841. The van der Waals surface area contributed by atoms with Crippen LogP contribution in [0, 0.1) is 0 Å². The van der Waals surface area contributed by atoms with Crippen molar-refractivity contribution in [3.63, 3.8) is 0 Å². The number of hydrogen-bond donors (Lipinski definition) is 1. The number of morpholine rings is 1. The van der Waals surface area contributed by atoms with Crippen LogP contribution in [-0.2, 0) is 16.0 Å². The summed E-state index contributed by atoms with van der Waals surface area (Å²) < 4.78 is 6.36. The molecular formula is C13H16BrClN2O2. The first-order valence-electron chi connectivity index (χ1n) is 6.16. The van der Waals surface area contributed by atoms with E-state index in [1.165, 1.54) is 5.56 Å². The van der Waals surface area contributed by atoms with E-state index in [0.717, 1.165) is 29.7 Å². The Hall–Kier alpha value is -0.620. The van der Waals surface area contributed by atoms with Crippen molar-refractivity contribution in [1.82, 2.24) is 5.32 Å². The highest BCUT2D eigenvalue weighted by Crippen LogP contribution is 2.31. The highest BCUT2D eigenvalue weighted by Gasteiger charge is 2.31. The zero-order chi connectivity index (χ0) is 12.5. The first kappa shape index (κ1) is 14.8. The van der Waals surface area contributed by atoms with Gasteiger partial charge in [0.15, 0.2) is 0 Å². The van der Waals surface area contributed by atoms with Gasteiger partial charge in [-0.05, 0) is 24.1 Å². The van der Waals surface area contributed by atoms with E-state index in [2.05, 4.69) is 27.3 Å². The predicted molar refractivity (Wildman–Crippen MR) is 80.1 cm³/mol. The number of hydrogen-bond acceptors (Lipinski definition) is 3. The van der Waals surface area contributed by atoms with Crippen molar-refractivity contribution < 1.29 is 9.53 Å². The van der Waals surface area contributed by atoms with E-state index in [9.17, 15) is 4.79 Å². The van der Waals surface area contributed by atoms with E-state index in [1.54, 1.807) is 0 Å². The van der Waals surface area contributed by atoms with Crippen molar-refractivity contribution in [3.8, 4) is 0 Å². The van der Waals surface area contributed by atoms with Crippen molar-refractivity contribution in [2.24, 2.45) is 0 Å². The van der Waals surface area contributed by atoms with Gasteiger partial charge in [0.1, 0.15) is 6.04 Å². The Labute approximate surface area is 127 Å². The van der Waals surface area contributed by atoms with Crippen LogP contribution in [0.15, 0.2) is 22.7 Å². The third kappa shape index (κ3) is 2.94. The van der Waals surface area contributed by atoms with Gasteiger partial charge in [0.05, 0.1) is 13.2 Å². The first-order valence-corrected chi connectivity index (χ1v) is 6.96. The van der Waals surface area contributed by atoms with Gasteiger partial charge >= 0.3 is 0 Å². The molecule has 1 saturated heterocycles. The second-order valence-electron chi connectivity index (χ2n) is 4.59. The number of rotatable bonds is 1. The van der Waals surface area contributed by atoms with Crippen molar-refractivity contribution in [2.45, 2.75) is 12.5 Å². The zero-order valence-electron chi connectivity index (χ0n) is 10.4. The number of carbonyl (C=O) groups excluding carboxylic acids is 1. The van der Waals surface area contributed by atoms with Crippen LogP contribution in [0.4, 0.5) is 5.69 Å². The summed E-state index contributed by atoms with van der Waals surface area (Å²) in [5, 5.41) is 3.21. The van der Waals surface area contributed by atoms with Gasteiger partial charge in [-0.3, -0.25) is 4.79 Å². The fourth-order valence-electron chi connectivity index (χ4n) is 2.49. The summed E-state index contributed by atoms with van der Waals surface area (Å²) in [6, 6.07) is 5.92. The molecule has 0 saturated carbocycles. The molecule has 1 atom stereocenters. The van der Waals surface area contributed by atoms with E-state index in [4.69, 9.17) is 4.74 Å². The number of benzene rings is 1. The van der Waals surface area contributed by atoms with Crippen LogP contribution in [0.1, 0.15) is 5.56 Å². The van der Waals surface area contributed by atoms with E-state index in [1.807, 2.05) is 17.0 Å². The molecule has 0 aliphatic carbocycles. The van der Waals surface area contributed by atoms with Gasteiger partial charge in [0.2, 0.25) is 5.91 Å². The second-order valence-corrected chi connectivity index (χ2v) is 5.51. The van der Waals surface area contributed by atoms with Crippen molar-refractivity contribution in [3.05, 3.63) is 28.2 Å².